The van der Waals surface area contributed by atoms with Gasteiger partial charge in [-0.3, -0.25) is 5.87 Å². The van der Waals surface area contributed by atoms with Crippen LogP contribution in [0.15, 0.2) is 119 Å². The van der Waals surface area contributed by atoms with Gasteiger partial charge in [-0.1, -0.05) is 78.9 Å². The van der Waals surface area contributed by atoms with Crippen LogP contribution >= 0.6 is 0 Å². The van der Waals surface area contributed by atoms with Gasteiger partial charge < -0.3 is 39.7 Å². The van der Waals surface area contributed by atoms with Crippen LogP contribution < -0.4 is 10.2 Å². The first-order chi connectivity index (χ1) is 28.0. The lowest BCUT2D eigenvalue weighted by molar-refractivity contribution is -0.256. The number of amides is 1. The van der Waals surface area contributed by atoms with E-state index in [9.17, 15) is 45.8 Å². The number of carboxylic acid groups (broad SMARTS) is 2. The van der Waals surface area contributed by atoms with Gasteiger partial charge >= 0.3 is 6.09 Å². The van der Waals surface area contributed by atoms with E-state index in [1.807, 2.05) is 30.2 Å². The van der Waals surface area contributed by atoms with Crippen LogP contribution in [0.1, 0.15) is 57.5 Å². The molecule has 1 aliphatic carbocycles. The van der Waals surface area contributed by atoms with Crippen LogP contribution in [0.2, 0.25) is 0 Å². The van der Waals surface area contributed by atoms with Crippen LogP contribution in [0.25, 0.3) is 20.7 Å². The Balaban J connectivity index is 1.75. The quantitative estimate of drug-likeness (QED) is 0.117. The predicted molar refractivity (Wildman–Crippen MR) is 207 cm³/mol. The molecule has 0 saturated carbocycles. The first kappa shape index (κ1) is 42.5. The van der Waals surface area contributed by atoms with Crippen LogP contribution in [-0.2, 0) is 4.74 Å². The average Bonchev–Trinajstić information content (AvgIpc) is 3.65. The van der Waals surface area contributed by atoms with E-state index >= 15 is 0 Å². The number of carbonyl (C=O) groups is 3. The molecule has 0 spiro atoms. The normalized spacial score (nSPS) is 16.3. The molecule has 1 saturated heterocycles. The van der Waals surface area contributed by atoms with Gasteiger partial charge in [0.1, 0.15) is 0 Å². The Labute approximate surface area is 335 Å². The van der Waals surface area contributed by atoms with E-state index in [4.69, 9.17) is 17.9 Å². The monoisotopic (exact) mass is 769 g/mol. The Hall–Kier alpha value is -8.21. The average molecular weight is 770 g/mol. The molecule has 0 N–H and O–H groups in total. The molecular formula is C44H33N8O6-3. The number of nitrogens with zero attached hydrogens (tertiary/aromatic N) is 8. The molecule has 0 bridgehead atoms. The van der Waals surface area contributed by atoms with E-state index < -0.39 is 29.9 Å². The molecule has 1 fully saturated rings. The third kappa shape index (κ3) is 10.1. The number of piperazine rings is 1. The summed E-state index contributed by atoms with van der Waals surface area (Å²) in [4.78, 5) is 45.4. The second-order valence-corrected chi connectivity index (χ2v) is 12.6. The first-order valence-electron chi connectivity index (χ1n) is 17.8. The Kier molecular flexibility index (Phi) is 15.0. The lowest BCUT2D eigenvalue weighted by Crippen LogP contribution is -2.48. The predicted octanol–water partition coefficient (Wildman–Crippen LogP) is 4.84. The van der Waals surface area contributed by atoms with Crippen LogP contribution in [0.3, 0.4) is 0 Å². The molecule has 0 radical (unpaired) electrons. The van der Waals surface area contributed by atoms with Gasteiger partial charge in [-0.2, -0.15) is 10.5 Å². The zero-order valence-electron chi connectivity index (χ0n) is 31.2. The first-order valence-corrected chi connectivity index (χ1v) is 17.8. The maximum Gasteiger partial charge on any atom is 0.409 e. The fourth-order valence-corrected chi connectivity index (χ4v) is 6.58. The van der Waals surface area contributed by atoms with Crippen molar-refractivity contribution in [2.24, 2.45) is 5.92 Å². The molecule has 288 valence electrons. The molecule has 14 heteroatoms. The van der Waals surface area contributed by atoms with E-state index in [0.717, 1.165) is 16.8 Å². The Bertz CT molecular complexity index is 2390. The number of nitriles is 3. The van der Waals surface area contributed by atoms with E-state index in [1.165, 1.54) is 54.6 Å². The molecule has 58 heavy (non-hydrogen) atoms. The molecule has 4 rings (SSSR count). The summed E-state index contributed by atoms with van der Waals surface area (Å²) in [5, 5.41) is 62.4. The molecule has 2 aliphatic rings. The molecule has 0 aromatic heterocycles. The van der Waals surface area contributed by atoms with Crippen molar-refractivity contribution in [3.8, 4) is 18.2 Å². The fourth-order valence-electron chi connectivity index (χ4n) is 6.58. The summed E-state index contributed by atoms with van der Waals surface area (Å²) in [6.45, 7) is 18.8. The van der Waals surface area contributed by atoms with Gasteiger partial charge in [-0.25, -0.2) is 19.7 Å². The van der Waals surface area contributed by atoms with Gasteiger partial charge in [0.15, 0.2) is 5.70 Å². The summed E-state index contributed by atoms with van der Waals surface area (Å²) in [5.74, 6) is -2.87. The number of allylic oxidation sites excluding steroid dienone is 12. The van der Waals surface area contributed by atoms with Crippen LogP contribution in [0.4, 0.5) is 4.79 Å². The van der Waals surface area contributed by atoms with E-state index in [-0.39, 0.29) is 40.3 Å². The highest BCUT2D eigenvalue weighted by molar-refractivity contribution is 5.90. The number of ether oxygens (including phenoxy) is 1. The molecule has 1 aliphatic heterocycles. The summed E-state index contributed by atoms with van der Waals surface area (Å²) in [5.41, 5.74) is 2.54. The third-order valence-corrected chi connectivity index (χ3v) is 9.37. The molecule has 1 amide bonds. The number of rotatable bonds is 13. The highest BCUT2D eigenvalue weighted by Crippen LogP contribution is 2.37. The molecule has 2 aromatic rings. The number of aromatic carboxylic acids is 2. The summed E-state index contributed by atoms with van der Waals surface area (Å²) < 4.78 is 5.18. The van der Waals surface area contributed by atoms with Crippen molar-refractivity contribution in [3.05, 3.63) is 169 Å². The second-order valence-electron chi connectivity index (χ2n) is 12.6. The number of benzene rings is 2. The maximum atomic E-state index is 12.5. The van der Waals surface area contributed by atoms with E-state index in [2.05, 4.69) is 20.7 Å². The minimum Gasteiger partial charge on any atom is -0.776 e. The van der Waals surface area contributed by atoms with Crippen molar-refractivity contribution in [2.75, 3.05) is 32.8 Å². The molecule has 2 unspecified atom stereocenters. The van der Waals surface area contributed by atoms with Gasteiger partial charge in [-0.15, -0.1) is 0 Å². The lowest BCUT2D eigenvalue weighted by atomic mass is 9.84. The standard InChI is InChI=1S/C44H35N8O6/c1-4-58-44(57)52-23-21-51(22-24-52)41-31(7-5-9-35(25-45)39(37(27-47)49-2)29-11-17-33(18-12-29)42(53)54)15-16-32(41)8-6-10-36(26-46)40(38(28-48)50-3)30-13-19-34(20-14-30)43(55)56/h5-14,17-20,35,39H,4,15-16,21-24H2,1H3,(H,53,54)(H,55,56)/q-1/p-2/b8-6+,9-5+,31-7+,36-10+,40-38+. The third-order valence-electron chi connectivity index (χ3n) is 9.37. The van der Waals surface area contributed by atoms with Gasteiger partial charge in [0.25, 0.3) is 5.70 Å². The van der Waals surface area contributed by atoms with Crippen LogP contribution in [0.5, 0.6) is 0 Å². The van der Waals surface area contributed by atoms with Crippen molar-refractivity contribution >= 4 is 29.5 Å². The van der Waals surface area contributed by atoms with Crippen LogP contribution in [-0.4, -0.2) is 66.5 Å². The lowest BCUT2D eigenvalue weighted by Gasteiger charge is -2.37. The fraction of sp³-hybridized carbons (Fsp3) is 0.227. The van der Waals surface area contributed by atoms with Crippen molar-refractivity contribution in [2.45, 2.75) is 25.7 Å². The number of carbonyl (C=O) groups excluding carboxylic acids is 3. The SMILES string of the molecule is [C-]#[N+]C(=C=[N-])C(c1ccc(C(=O)[O-])cc1)C(C#N)/C=C/C=C1\CCC(/C=C/C=C(C#N)/C(=C(\C#N)[N+]#[C-])c2ccc(C(=O)[O-])cc2)=C1N1CCN(C(=O)OCC)CC1. The van der Waals surface area contributed by atoms with Crippen LogP contribution in [0, 0.1) is 53.1 Å². The minimum atomic E-state index is -1.41. The largest absolute Gasteiger partial charge is 0.776 e. The Morgan fingerprint density at radius 1 is 0.897 bits per heavy atom. The van der Waals surface area contributed by atoms with E-state index in [1.54, 1.807) is 30.1 Å². The van der Waals surface area contributed by atoms with Crippen molar-refractivity contribution in [1.29, 1.82) is 15.8 Å². The summed E-state index contributed by atoms with van der Waals surface area (Å²) in [6, 6.07) is 16.8. The highest BCUT2D eigenvalue weighted by Gasteiger charge is 2.29. The molecule has 2 aromatic carbocycles. The maximum absolute atomic E-state index is 12.5. The highest BCUT2D eigenvalue weighted by atomic mass is 16.6. The van der Waals surface area contributed by atoms with Crippen molar-refractivity contribution in [1.82, 2.24) is 9.80 Å². The molecule has 14 nitrogen and oxygen atoms in total. The van der Waals surface area contributed by atoms with Crippen molar-refractivity contribution < 1.29 is 29.3 Å². The number of carboxylic acids is 2. The Morgan fingerprint density at radius 2 is 1.52 bits per heavy atom. The van der Waals surface area contributed by atoms with Gasteiger partial charge in [0.05, 0.1) is 61.4 Å². The topological polar surface area (TPSA) is 215 Å². The minimum absolute atomic E-state index is 0.00813. The number of hydrogen-bond acceptors (Lipinski definition) is 10. The Morgan fingerprint density at radius 3 is 2.03 bits per heavy atom. The summed E-state index contributed by atoms with van der Waals surface area (Å²) in [7, 11) is 0. The van der Waals surface area contributed by atoms with Crippen molar-refractivity contribution in [3.63, 3.8) is 0 Å². The number of hydrogen-bond donors (Lipinski definition) is 0. The smallest absolute Gasteiger partial charge is 0.409 e. The van der Waals surface area contributed by atoms with Gasteiger partial charge in [0.2, 0.25) is 0 Å². The molecule has 1 heterocycles. The zero-order chi connectivity index (χ0) is 42.2. The van der Waals surface area contributed by atoms with E-state index in [0.29, 0.717) is 50.1 Å². The van der Waals surface area contributed by atoms with Gasteiger partial charge in [0, 0.05) is 43.4 Å². The summed E-state index contributed by atoms with van der Waals surface area (Å²) in [6.07, 6.45) is 10.7. The second kappa shape index (κ2) is 20.5. The zero-order valence-corrected chi connectivity index (χ0v) is 31.2. The molecular weight excluding hydrogens is 737 g/mol. The molecule has 2 atom stereocenters. The summed E-state index contributed by atoms with van der Waals surface area (Å²) >= 11 is 0. The van der Waals surface area contributed by atoms with Gasteiger partial charge in [-0.05, 0) is 59.2 Å².